The van der Waals surface area contributed by atoms with Crippen LogP contribution < -0.4 is 10.6 Å². The number of likely N-dealkylation sites (tertiary alicyclic amines) is 1. The second kappa shape index (κ2) is 4.51. The lowest BCUT2D eigenvalue weighted by Crippen LogP contribution is -2.49. The van der Waals surface area contributed by atoms with Crippen molar-refractivity contribution in [3.8, 4) is 0 Å². The number of urea groups is 1. The predicted molar refractivity (Wildman–Crippen MR) is 69.2 cm³/mol. The summed E-state index contributed by atoms with van der Waals surface area (Å²) in [4.78, 5) is 37.6. The van der Waals surface area contributed by atoms with Crippen LogP contribution in [0.2, 0.25) is 0 Å². The summed E-state index contributed by atoms with van der Waals surface area (Å²) in [5, 5.41) is 8.75. The van der Waals surface area contributed by atoms with Crippen LogP contribution in [0.15, 0.2) is 0 Å². The van der Waals surface area contributed by atoms with Gasteiger partial charge in [0.1, 0.15) is 10.4 Å². The molecule has 3 heterocycles. The fraction of sp³-hybridized carbons (Fsp3) is 0.545. The Morgan fingerprint density at radius 3 is 2.95 bits per heavy atom. The Morgan fingerprint density at radius 2 is 2.30 bits per heavy atom. The Kier molecular flexibility index (Phi) is 2.93. The molecule has 8 nitrogen and oxygen atoms in total. The van der Waals surface area contributed by atoms with Gasteiger partial charge in [-0.25, -0.2) is 4.79 Å². The number of hydrogen-bond donors (Lipinski definition) is 2. The molecule has 1 aromatic rings. The van der Waals surface area contributed by atoms with Gasteiger partial charge in [-0.2, -0.15) is 0 Å². The minimum atomic E-state index is -0.975. The van der Waals surface area contributed by atoms with Crippen LogP contribution in [0.25, 0.3) is 0 Å². The Hall–Kier alpha value is -2.03. The standard InChI is InChI=1S/C11H13N5O3S/c1-2-6-7(20-15-14-6)8(17)16-4-3-11(5-16)9(18)12-10(19)13-11/h2-5H2,1H3,(H2,12,13,18,19). The van der Waals surface area contributed by atoms with E-state index in [0.717, 1.165) is 11.5 Å². The highest BCUT2D eigenvalue weighted by Gasteiger charge is 2.51. The van der Waals surface area contributed by atoms with Crippen LogP contribution in [0.5, 0.6) is 0 Å². The smallest absolute Gasteiger partial charge is 0.322 e. The Balaban J connectivity index is 1.79. The van der Waals surface area contributed by atoms with Crippen molar-refractivity contribution in [3.63, 3.8) is 0 Å². The molecule has 0 saturated carbocycles. The van der Waals surface area contributed by atoms with E-state index < -0.39 is 11.6 Å². The molecule has 1 atom stereocenters. The number of carbonyl (C=O) groups is 3. The second-order valence-electron chi connectivity index (χ2n) is 4.87. The summed E-state index contributed by atoms with van der Waals surface area (Å²) in [6.07, 6.45) is 1.05. The van der Waals surface area contributed by atoms with Gasteiger partial charge in [0.05, 0.1) is 12.2 Å². The van der Waals surface area contributed by atoms with Crippen molar-refractivity contribution in [1.82, 2.24) is 25.1 Å². The van der Waals surface area contributed by atoms with Crippen molar-refractivity contribution in [2.24, 2.45) is 0 Å². The molecule has 1 aromatic heterocycles. The molecule has 1 spiro atoms. The van der Waals surface area contributed by atoms with Gasteiger partial charge in [0.2, 0.25) is 0 Å². The maximum absolute atomic E-state index is 12.4. The first-order valence-electron chi connectivity index (χ1n) is 6.30. The van der Waals surface area contributed by atoms with E-state index in [1.54, 1.807) is 4.90 Å². The molecule has 0 bridgehead atoms. The fourth-order valence-corrected chi connectivity index (χ4v) is 3.26. The molecule has 3 rings (SSSR count). The van der Waals surface area contributed by atoms with Crippen LogP contribution in [-0.2, 0) is 11.2 Å². The van der Waals surface area contributed by atoms with Gasteiger partial charge in [-0.15, -0.1) is 5.10 Å². The number of nitrogens with one attached hydrogen (secondary N) is 2. The van der Waals surface area contributed by atoms with Gasteiger partial charge < -0.3 is 10.2 Å². The largest absolute Gasteiger partial charge is 0.335 e. The molecule has 9 heteroatoms. The van der Waals surface area contributed by atoms with E-state index in [-0.39, 0.29) is 18.4 Å². The van der Waals surface area contributed by atoms with Gasteiger partial charge in [0.15, 0.2) is 0 Å². The zero-order chi connectivity index (χ0) is 14.3. The highest BCUT2D eigenvalue weighted by molar-refractivity contribution is 7.08. The summed E-state index contributed by atoms with van der Waals surface area (Å²) in [6, 6.07) is -0.502. The minimum Gasteiger partial charge on any atom is -0.335 e. The van der Waals surface area contributed by atoms with Crippen molar-refractivity contribution in [3.05, 3.63) is 10.6 Å². The van der Waals surface area contributed by atoms with E-state index in [1.165, 1.54) is 0 Å². The summed E-state index contributed by atoms with van der Waals surface area (Å²) in [5.41, 5.74) is -0.308. The molecule has 0 aromatic carbocycles. The van der Waals surface area contributed by atoms with E-state index >= 15 is 0 Å². The molecule has 2 saturated heterocycles. The lowest BCUT2D eigenvalue weighted by Gasteiger charge is -2.20. The molecule has 1 unspecified atom stereocenters. The van der Waals surface area contributed by atoms with Crippen molar-refractivity contribution >= 4 is 29.4 Å². The number of aryl methyl sites for hydroxylation is 1. The minimum absolute atomic E-state index is 0.178. The Bertz CT molecular complexity index is 601. The first-order chi connectivity index (χ1) is 9.55. The van der Waals surface area contributed by atoms with Crippen LogP contribution in [0.4, 0.5) is 4.79 Å². The SMILES string of the molecule is CCc1nnsc1C(=O)N1CCC2(C1)NC(=O)NC2=O. The van der Waals surface area contributed by atoms with Crippen molar-refractivity contribution < 1.29 is 14.4 Å². The first kappa shape index (κ1) is 13.0. The first-order valence-corrected chi connectivity index (χ1v) is 7.07. The van der Waals surface area contributed by atoms with Gasteiger partial charge in [0, 0.05) is 6.54 Å². The molecule has 2 aliphatic rings. The van der Waals surface area contributed by atoms with Gasteiger partial charge in [-0.1, -0.05) is 11.4 Å². The number of rotatable bonds is 2. The molecule has 2 N–H and O–H groups in total. The molecule has 106 valence electrons. The van der Waals surface area contributed by atoms with Gasteiger partial charge >= 0.3 is 6.03 Å². The molecule has 0 aliphatic carbocycles. The molecule has 2 aliphatic heterocycles. The number of imide groups is 1. The highest BCUT2D eigenvalue weighted by Crippen LogP contribution is 2.27. The van der Waals surface area contributed by atoms with Gasteiger partial charge in [-0.3, -0.25) is 14.9 Å². The monoisotopic (exact) mass is 295 g/mol. The van der Waals surface area contributed by atoms with Gasteiger partial charge in [-0.05, 0) is 24.4 Å². The third-order valence-corrected chi connectivity index (χ3v) is 4.41. The zero-order valence-electron chi connectivity index (χ0n) is 10.8. The number of amides is 4. The number of nitrogens with zero attached hydrogens (tertiary/aromatic N) is 3. The molecular formula is C11H13N5O3S. The molecule has 20 heavy (non-hydrogen) atoms. The third kappa shape index (κ3) is 1.85. The number of carbonyl (C=O) groups excluding carboxylic acids is 3. The normalized spacial score (nSPS) is 25.1. The number of hydrogen-bond acceptors (Lipinski definition) is 6. The van der Waals surface area contributed by atoms with Crippen LogP contribution >= 0.6 is 11.5 Å². The molecule has 4 amide bonds. The maximum Gasteiger partial charge on any atom is 0.322 e. The van der Waals surface area contributed by atoms with Crippen LogP contribution in [0, 0.1) is 0 Å². The number of aromatic nitrogens is 2. The highest BCUT2D eigenvalue weighted by atomic mass is 32.1. The van der Waals surface area contributed by atoms with Crippen molar-refractivity contribution in [2.75, 3.05) is 13.1 Å². The van der Waals surface area contributed by atoms with Gasteiger partial charge in [0.25, 0.3) is 11.8 Å². The molecule has 0 radical (unpaired) electrons. The van der Waals surface area contributed by atoms with Crippen molar-refractivity contribution in [2.45, 2.75) is 25.3 Å². The van der Waals surface area contributed by atoms with Crippen LogP contribution in [-0.4, -0.2) is 51.0 Å². The summed E-state index contributed by atoms with van der Waals surface area (Å²) < 4.78 is 3.80. The third-order valence-electron chi connectivity index (χ3n) is 3.66. The average molecular weight is 295 g/mol. The topological polar surface area (TPSA) is 104 Å². The van der Waals surface area contributed by atoms with E-state index in [2.05, 4.69) is 20.2 Å². The Morgan fingerprint density at radius 1 is 1.50 bits per heavy atom. The summed E-state index contributed by atoms with van der Waals surface area (Å²) in [6.45, 7) is 2.52. The maximum atomic E-state index is 12.4. The summed E-state index contributed by atoms with van der Waals surface area (Å²) in [7, 11) is 0. The quantitative estimate of drug-likeness (QED) is 0.717. The summed E-state index contributed by atoms with van der Waals surface area (Å²) in [5.74, 6) is -0.543. The average Bonchev–Trinajstić information content (AvgIpc) is 3.09. The van der Waals surface area contributed by atoms with E-state index in [1.807, 2.05) is 6.92 Å². The zero-order valence-corrected chi connectivity index (χ0v) is 11.6. The van der Waals surface area contributed by atoms with Crippen LogP contribution in [0.1, 0.15) is 28.7 Å². The predicted octanol–water partition coefficient (Wildman–Crippen LogP) is -0.475. The lowest BCUT2D eigenvalue weighted by atomic mass is 10.00. The van der Waals surface area contributed by atoms with Crippen LogP contribution in [0.3, 0.4) is 0 Å². The Labute approximate surface area is 118 Å². The van der Waals surface area contributed by atoms with E-state index in [4.69, 9.17) is 0 Å². The molecular weight excluding hydrogens is 282 g/mol. The van der Waals surface area contributed by atoms with E-state index in [0.29, 0.717) is 30.0 Å². The second-order valence-corrected chi connectivity index (χ2v) is 5.62. The van der Waals surface area contributed by atoms with Crippen molar-refractivity contribution in [1.29, 1.82) is 0 Å². The van der Waals surface area contributed by atoms with E-state index in [9.17, 15) is 14.4 Å². The summed E-state index contributed by atoms with van der Waals surface area (Å²) >= 11 is 1.06. The molecule has 2 fully saturated rings. The fourth-order valence-electron chi connectivity index (χ4n) is 2.54. The lowest BCUT2D eigenvalue weighted by molar-refractivity contribution is -0.123.